The highest BCUT2D eigenvalue weighted by Crippen LogP contribution is 2.17. The maximum absolute atomic E-state index is 8.57. The van der Waals surface area contributed by atoms with Gasteiger partial charge in [0.1, 0.15) is 0 Å². The summed E-state index contributed by atoms with van der Waals surface area (Å²) in [7, 11) is 0. The zero-order chi connectivity index (χ0) is 8.10. The Morgan fingerprint density at radius 3 is 3.00 bits per heavy atom. The normalized spacial score (nSPS) is 9.09. The second kappa shape index (κ2) is 4.05. The van der Waals surface area contributed by atoms with Crippen molar-refractivity contribution in [2.45, 2.75) is 11.8 Å². The molecule has 1 nitrogen and oxygen atoms in total. The maximum atomic E-state index is 8.57. The van der Waals surface area contributed by atoms with Crippen LogP contribution in [0.5, 0.6) is 0 Å². The van der Waals surface area contributed by atoms with Gasteiger partial charge < -0.3 is 0 Å². The van der Waals surface area contributed by atoms with Gasteiger partial charge >= 0.3 is 0 Å². The zero-order valence-electron chi connectivity index (χ0n) is 6.37. The van der Waals surface area contributed by atoms with Gasteiger partial charge in [-0.05, 0) is 24.0 Å². The highest BCUT2D eigenvalue weighted by Gasteiger charge is 1.92. The third-order valence-electron chi connectivity index (χ3n) is 1.27. The molecule has 0 unspecified atom stereocenters. The lowest BCUT2D eigenvalue weighted by Crippen LogP contribution is -1.75. The lowest BCUT2D eigenvalue weighted by molar-refractivity contribution is 1.39. The van der Waals surface area contributed by atoms with E-state index >= 15 is 0 Å². The third kappa shape index (κ3) is 2.28. The minimum Gasteiger partial charge on any atom is -0.192 e. The number of benzene rings is 1. The highest BCUT2D eigenvalue weighted by atomic mass is 32.2. The molecule has 1 aromatic carbocycles. The standard InChI is InChI=1S/C9H9NS/c1-2-11-9-5-3-4-8(6-9)7-10/h3-6H,2H2,1H3. The summed E-state index contributed by atoms with van der Waals surface area (Å²) in [4.78, 5) is 1.17. The molecule has 0 heterocycles. The van der Waals surface area contributed by atoms with E-state index in [4.69, 9.17) is 5.26 Å². The van der Waals surface area contributed by atoms with Crippen LogP contribution >= 0.6 is 11.8 Å². The van der Waals surface area contributed by atoms with Crippen molar-refractivity contribution in [3.8, 4) is 6.07 Å². The molecule has 0 aliphatic heterocycles. The monoisotopic (exact) mass is 163 g/mol. The predicted octanol–water partition coefficient (Wildman–Crippen LogP) is 2.67. The van der Waals surface area contributed by atoms with Crippen molar-refractivity contribution in [3.63, 3.8) is 0 Å². The number of nitriles is 1. The number of hydrogen-bond donors (Lipinski definition) is 0. The van der Waals surface area contributed by atoms with Gasteiger partial charge in [-0.3, -0.25) is 0 Å². The van der Waals surface area contributed by atoms with Gasteiger partial charge in [-0.2, -0.15) is 5.26 Å². The molecule has 11 heavy (non-hydrogen) atoms. The molecule has 56 valence electrons. The molecule has 0 aliphatic carbocycles. The van der Waals surface area contributed by atoms with E-state index in [2.05, 4.69) is 13.0 Å². The van der Waals surface area contributed by atoms with E-state index in [0.717, 1.165) is 11.3 Å². The van der Waals surface area contributed by atoms with Crippen molar-refractivity contribution in [2.75, 3.05) is 5.75 Å². The van der Waals surface area contributed by atoms with Gasteiger partial charge in [0.25, 0.3) is 0 Å². The van der Waals surface area contributed by atoms with Crippen LogP contribution < -0.4 is 0 Å². The molecular formula is C9H9NS. The quantitative estimate of drug-likeness (QED) is 0.626. The Bertz CT molecular complexity index is 275. The molecule has 0 N–H and O–H groups in total. The Balaban J connectivity index is 2.85. The Morgan fingerprint density at radius 1 is 1.55 bits per heavy atom. The van der Waals surface area contributed by atoms with Gasteiger partial charge in [-0.15, -0.1) is 11.8 Å². The van der Waals surface area contributed by atoms with Crippen LogP contribution in [-0.4, -0.2) is 5.75 Å². The van der Waals surface area contributed by atoms with E-state index in [0.29, 0.717) is 0 Å². The summed E-state index contributed by atoms with van der Waals surface area (Å²) in [6.45, 7) is 2.10. The van der Waals surface area contributed by atoms with Gasteiger partial charge in [-0.1, -0.05) is 13.0 Å². The van der Waals surface area contributed by atoms with Crippen molar-refractivity contribution < 1.29 is 0 Å². The summed E-state index contributed by atoms with van der Waals surface area (Å²) in [6.07, 6.45) is 0. The zero-order valence-corrected chi connectivity index (χ0v) is 7.19. The summed E-state index contributed by atoms with van der Waals surface area (Å²) in [5.74, 6) is 1.05. The van der Waals surface area contributed by atoms with E-state index in [1.165, 1.54) is 4.90 Å². The van der Waals surface area contributed by atoms with E-state index in [9.17, 15) is 0 Å². The molecule has 0 saturated carbocycles. The highest BCUT2D eigenvalue weighted by molar-refractivity contribution is 7.99. The van der Waals surface area contributed by atoms with Gasteiger partial charge in [-0.25, -0.2) is 0 Å². The van der Waals surface area contributed by atoms with E-state index in [1.807, 2.05) is 24.3 Å². The number of hydrogen-bond acceptors (Lipinski definition) is 2. The summed E-state index contributed by atoms with van der Waals surface area (Å²) >= 11 is 1.75. The first-order valence-electron chi connectivity index (χ1n) is 3.49. The van der Waals surface area contributed by atoms with Crippen molar-refractivity contribution in [3.05, 3.63) is 29.8 Å². The van der Waals surface area contributed by atoms with Crippen molar-refractivity contribution in [2.24, 2.45) is 0 Å². The van der Waals surface area contributed by atoms with Crippen LogP contribution in [0, 0.1) is 11.3 Å². The van der Waals surface area contributed by atoms with Crippen molar-refractivity contribution >= 4 is 11.8 Å². The molecule has 0 aliphatic rings. The molecule has 0 amide bonds. The average Bonchev–Trinajstić information content (AvgIpc) is 2.06. The smallest absolute Gasteiger partial charge is 0.0992 e. The fourth-order valence-corrected chi connectivity index (χ4v) is 1.54. The lowest BCUT2D eigenvalue weighted by atomic mass is 10.2. The number of rotatable bonds is 2. The first-order chi connectivity index (χ1) is 5.36. The predicted molar refractivity (Wildman–Crippen MR) is 47.6 cm³/mol. The molecular weight excluding hydrogens is 154 g/mol. The minimum atomic E-state index is 0.739. The van der Waals surface area contributed by atoms with Crippen molar-refractivity contribution in [1.29, 1.82) is 5.26 Å². The number of thioether (sulfide) groups is 1. The minimum absolute atomic E-state index is 0.739. The van der Waals surface area contributed by atoms with Crippen LogP contribution in [0.15, 0.2) is 29.2 Å². The molecule has 1 rings (SSSR count). The largest absolute Gasteiger partial charge is 0.192 e. The van der Waals surface area contributed by atoms with Crippen LogP contribution in [0.1, 0.15) is 12.5 Å². The molecule has 1 aromatic rings. The average molecular weight is 163 g/mol. The maximum Gasteiger partial charge on any atom is 0.0992 e. The van der Waals surface area contributed by atoms with E-state index in [1.54, 1.807) is 11.8 Å². The Morgan fingerprint density at radius 2 is 2.36 bits per heavy atom. The first kappa shape index (κ1) is 8.16. The van der Waals surface area contributed by atoms with Crippen LogP contribution in [0.3, 0.4) is 0 Å². The third-order valence-corrected chi connectivity index (χ3v) is 2.15. The molecule has 0 atom stereocenters. The number of nitrogens with zero attached hydrogens (tertiary/aromatic N) is 1. The topological polar surface area (TPSA) is 23.8 Å². The summed E-state index contributed by atoms with van der Waals surface area (Å²) in [5.41, 5.74) is 0.739. The fraction of sp³-hybridized carbons (Fsp3) is 0.222. The Hall–Kier alpha value is -0.940. The molecule has 0 spiro atoms. The molecule has 0 radical (unpaired) electrons. The van der Waals surface area contributed by atoms with Gasteiger partial charge in [0, 0.05) is 4.90 Å². The second-order valence-electron chi connectivity index (χ2n) is 2.07. The van der Waals surface area contributed by atoms with Gasteiger partial charge in [0.2, 0.25) is 0 Å². The van der Waals surface area contributed by atoms with E-state index in [-0.39, 0.29) is 0 Å². The molecule has 0 bridgehead atoms. The van der Waals surface area contributed by atoms with Gasteiger partial charge in [0.15, 0.2) is 0 Å². The van der Waals surface area contributed by atoms with Crippen LogP contribution in [0.25, 0.3) is 0 Å². The summed E-state index contributed by atoms with van der Waals surface area (Å²) in [5, 5.41) is 8.57. The van der Waals surface area contributed by atoms with Crippen LogP contribution in [0.2, 0.25) is 0 Å². The first-order valence-corrected chi connectivity index (χ1v) is 4.48. The fourth-order valence-electron chi connectivity index (χ4n) is 0.822. The molecule has 0 aromatic heterocycles. The molecule has 0 saturated heterocycles. The molecule has 0 fully saturated rings. The van der Waals surface area contributed by atoms with Gasteiger partial charge in [0.05, 0.1) is 11.6 Å². The lowest BCUT2D eigenvalue weighted by Gasteiger charge is -1.96. The second-order valence-corrected chi connectivity index (χ2v) is 3.41. The molecule has 2 heteroatoms. The van der Waals surface area contributed by atoms with Crippen LogP contribution in [-0.2, 0) is 0 Å². The SMILES string of the molecule is CCSc1cccc(C#N)c1. The van der Waals surface area contributed by atoms with E-state index < -0.39 is 0 Å². The Kier molecular flexibility index (Phi) is 3.00. The van der Waals surface area contributed by atoms with Crippen LogP contribution in [0.4, 0.5) is 0 Å². The van der Waals surface area contributed by atoms with Crippen molar-refractivity contribution in [1.82, 2.24) is 0 Å². The Labute approximate surface area is 71.0 Å². The summed E-state index contributed by atoms with van der Waals surface area (Å²) in [6, 6.07) is 9.78. The summed E-state index contributed by atoms with van der Waals surface area (Å²) < 4.78 is 0.